The second-order valence-electron chi connectivity index (χ2n) is 6.97. The molecule has 7 nitrogen and oxygen atoms in total. The summed E-state index contributed by atoms with van der Waals surface area (Å²) in [6.07, 6.45) is 7.20. The number of halogens is 1. The quantitative estimate of drug-likeness (QED) is 0.365. The van der Waals surface area contributed by atoms with E-state index >= 15 is 0 Å². The lowest BCUT2D eigenvalue weighted by Crippen LogP contribution is -2.47. The van der Waals surface area contributed by atoms with Gasteiger partial charge < -0.3 is 16.0 Å². The number of carbonyl (C=O) groups excluding carboxylic acids is 1. The van der Waals surface area contributed by atoms with Crippen molar-refractivity contribution in [3.8, 4) is 5.69 Å². The van der Waals surface area contributed by atoms with E-state index in [4.69, 9.17) is 5.73 Å². The van der Waals surface area contributed by atoms with Crippen molar-refractivity contribution in [2.24, 2.45) is 16.6 Å². The smallest absolute Gasteiger partial charge is 0.217 e. The summed E-state index contributed by atoms with van der Waals surface area (Å²) in [5, 5.41) is 7.69. The Bertz CT molecular complexity index is 760. The van der Waals surface area contributed by atoms with Gasteiger partial charge in [0.05, 0.1) is 5.69 Å². The summed E-state index contributed by atoms with van der Waals surface area (Å²) in [6, 6.07) is 10.3. The fraction of sp³-hybridized carbons (Fsp3) is 0.450. The zero-order valence-corrected chi connectivity index (χ0v) is 18.6. The fourth-order valence-corrected chi connectivity index (χ4v) is 3.60. The third-order valence-electron chi connectivity index (χ3n) is 4.92. The third-order valence-corrected chi connectivity index (χ3v) is 4.92. The van der Waals surface area contributed by atoms with E-state index in [1.807, 2.05) is 16.9 Å². The Kier molecular flexibility index (Phi) is 8.75. The van der Waals surface area contributed by atoms with Crippen LogP contribution in [0.5, 0.6) is 0 Å². The first-order valence-electron chi connectivity index (χ1n) is 9.48. The molecule has 0 spiro atoms. The van der Waals surface area contributed by atoms with E-state index in [0.717, 1.165) is 50.5 Å². The van der Waals surface area contributed by atoms with E-state index in [2.05, 4.69) is 44.6 Å². The number of likely N-dealkylation sites (tertiary alicyclic amines) is 1. The van der Waals surface area contributed by atoms with Gasteiger partial charge in [0.2, 0.25) is 5.91 Å². The standard InChI is InChI=1S/C20H28N6O.HI/c1-22-20(25-12-2-4-17(15-25)14-19(21)27)23-11-9-16-5-7-18(8-6-16)26-13-3-10-24-26;/h3,5-8,10,13,17H,2,4,9,11-12,14-15H2,1H3,(H2,21,27)(H,22,23);1H. The van der Waals surface area contributed by atoms with E-state index in [9.17, 15) is 4.79 Å². The molecule has 1 unspecified atom stereocenters. The van der Waals surface area contributed by atoms with Crippen molar-refractivity contribution in [2.75, 3.05) is 26.7 Å². The molecule has 2 heterocycles. The van der Waals surface area contributed by atoms with Crippen LogP contribution in [-0.4, -0.2) is 53.2 Å². The normalized spacial score (nSPS) is 17.1. The van der Waals surface area contributed by atoms with Gasteiger partial charge in [0.15, 0.2) is 5.96 Å². The maximum Gasteiger partial charge on any atom is 0.217 e. The molecule has 1 fully saturated rings. The Labute approximate surface area is 183 Å². The first kappa shape index (κ1) is 22.2. The molecule has 0 bridgehead atoms. The van der Waals surface area contributed by atoms with Crippen LogP contribution in [0.15, 0.2) is 47.7 Å². The van der Waals surface area contributed by atoms with Crippen molar-refractivity contribution in [3.05, 3.63) is 48.3 Å². The largest absolute Gasteiger partial charge is 0.370 e. The van der Waals surface area contributed by atoms with Gasteiger partial charge in [0, 0.05) is 45.5 Å². The average Bonchev–Trinajstić information content (AvgIpc) is 3.20. The van der Waals surface area contributed by atoms with Gasteiger partial charge in [-0.3, -0.25) is 9.79 Å². The van der Waals surface area contributed by atoms with Gasteiger partial charge in [-0.2, -0.15) is 5.10 Å². The van der Waals surface area contributed by atoms with E-state index in [-0.39, 0.29) is 29.9 Å². The van der Waals surface area contributed by atoms with Crippen LogP contribution >= 0.6 is 24.0 Å². The van der Waals surface area contributed by atoms with Crippen LogP contribution < -0.4 is 11.1 Å². The van der Waals surface area contributed by atoms with E-state index in [1.165, 1.54) is 5.56 Å². The van der Waals surface area contributed by atoms with Crippen LogP contribution in [0.4, 0.5) is 0 Å². The molecule has 1 saturated heterocycles. The summed E-state index contributed by atoms with van der Waals surface area (Å²) in [7, 11) is 1.80. The van der Waals surface area contributed by atoms with E-state index in [1.54, 1.807) is 13.2 Å². The lowest BCUT2D eigenvalue weighted by molar-refractivity contribution is -0.119. The molecule has 28 heavy (non-hydrogen) atoms. The van der Waals surface area contributed by atoms with Crippen molar-refractivity contribution in [3.63, 3.8) is 0 Å². The Morgan fingerprint density at radius 2 is 2.14 bits per heavy atom. The summed E-state index contributed by atoms with van der Waals surface area (Å²) in [5.74, 6) is 1.00. The zero-order valence-electron chi connectivity index (χ0n) is 16.3. The maximum atomic E-state index is 11.2. The van der Waals surface area contributed by atoms with E-state index < -0.39 is 0 Å². The number of nitrogens with zero attached hydrogens (tertiary/aromatic N) is 4. The number of amides is 1. The third kappa shape index (κ3) is 6.22. The van der Waals surface area contributed by atoms with Gasteiger partial charge in [0.25, 0.3) is 0 Å². The number of aromatic nitrogens is 2. The molecule has 0 aliphatic carbocycles. The maximum absolute atomic E-state index is 11.2. The van der Waals surface area contributed by atoms with Crippen LogP contribution in [0.2, 0.25) is 0 Å². The second kappa shape index (κ2) is 11.0. The summed E-state index contributed by atoms with van der Waals surface area (Å²) in [5.41, 5.74) is 7.67. The number of rotatable bonds is 6. The first-order chi connectivity index (χ1) is 13.2. The molecule has 1 aliphatic heterocycles. The number of primary amides is 1. The number of hydrogen-bond acceptors (Lipinski definition) is 3. The lowest BCUT2D eigenvalue weighted by atomic mass is 9.95. The molecule has 8 heteroatoms. The van der Waals surface area contributed by atoms with E-state index in [0.29, 0.717) is 12.3 Å². The number of nitrogens with one attached hydrogen (secondary N) is 1. The van der Waals surface area contributed by atoms with Crippen molar-refractivity contribution in [2.45, 2.75) is 25.7 Å². The minimum absolute atomic E-state index is 0. The summed E-state index contributed by atoms with van der Waals surface area (Å²) >= 11 is 0. The molecule has 1 aliphatic rings. The Morgan fingerprint density at radius 1 is 1.36 bits per heavy atom. The summed E-state index contributed by atoms with van der Waals surface area (Å²) < 4.78 is 1.85. The van der Waals surface area contributed by atoms with Gasteiger partial charge >= 0.3 is 0 Å². The predicted octanol–water partition coefficient (Wildman–Crippen LogP) is 2.20. The molecular weight excluding hydrogens is 467 g/mol. The average molecular weight is 496 g/mol. The number of aliphatic imine (C=N–C) groups is 1. The summed E-state index contributed by atoms with van der Waals surface area (Å²) in [6.45, 7) is 2.61. The molecule has 0 saturated carbocycles. The molecule has 1 aromatic carbocycles. The number of piperidine rings is 1. The van der Waals surface area contributed by atoms with Crippen LogP contribution in [0, 0.1) is 5.92 Å². The van der Waals surface area contributed by atoms with Gasteiger partial charge in [-0.1, -0.05) is 12.1 Å². The lowest BCUT2D eigenvalue weighted by Gasteiger charge is -2.34. The summed E-state index contributed by atoms with van der Waals surface area (Å²) in [4.78, 5) is 17.8. The highest BCUT2D eigenvalue weighted by Crippen LogP contribution is 2.19. The molecule has 3 rings (SSSR count). The molecule has 1 amide bonds. The number of carbonyl (C=O) groups is 1. The Balaban J connectivity index is 0.00000280. The van der Waals surface area contributed by atoms with Gasteiger partial charge in [-0.15, -0.1) is 24.0 Å². The first-order valence-corrected chi connectivity index (χ1v) is 9.48. The topological polar surface area (TPSA) is 88.5 Å². The Morgan fingerprint density at radius 3 is 2.79 bits per heavy atom. The Hall–Kier alpha value is -2.10. The molecule has 1 aromatic heterocycles. The van der Waals surface area contributed by atoms with Crippen LogP contribution in [0.25, 0.3) is 5.69 Å². The SMILES string of the molecule is CN=C(NCCc1ccc(-n2cccn2)cc1)N1CCCC(CC(N)=O)C1.I. The number of hydrogen-bond donors (Lipinski definition) is 2. The zero-order chi connectivity index (χ0) is 19.1. The van der Waals surface area contributed by atoms with Crippen LogP contribution in [-0.2, 0) is 11.2 Å². The molecule has 2 aromatic rings. The number of benzene rings is 1. The number of nitrogens with two attached hydrogens (primary N) is 1. The molecular formula is C20H29IN6O. The predicted molar refractivity (Wildman–Crippen MR) is 122 cm³/mol. The minimum Gasteiger partial charge on any atom is -0.370 e. The fourth-order valence-electron chi connectivity index (χ4n) is 3.60. The van der Waals surface area contributed by atoms with Crippen LogP contribution in [0.1, 0.15) is 24.8 Å². The molecule has 0 radical (unpaired) electrons. The molecule has 152 valence electrons. The number of guanidine groups is 1. The molecule has 3 N–H and O–H groups in total. The molecule has 1 atom stereocenters. The van der Waals surface area contributed by atoms with Gasteiger partial charge in [-0.05, 0) is 48.9 Å². The minimum atomic E-state index is -0.219. The van der Waals surface area contributed by atoms with Crippen LogP contribution in [0.3, 0.4) is 0 Å². The van der Waals surface area contributed by atoms with Gasteiger partial charge in [0.1, 0.15) is 0 Å². The van der Waals surface area contributed by atoms with Crippen molar-refractivity contribution < 1.29 is 4.79 Å². The second-order valence-corrected chi connectivity index (χ2v) is 6.97. The van der Waals surface area contributed by atoms with Crippen molar-refractivity contribution >= 4 is 35.8 Å². The monoisotopic (exact) mass is 496 g/mol. The highest BCUT2D eigenvalue weighted by Gasteiger charge is 2.23. The highest BCUT2D eigenvalue weighted by atomic mass is 127. The van der Waals surface area contributed by atoms with Crippen molar-refractivity contribution in [1.29, 1.82) is 0 Å². The van der Waals surface area contributed by atoms with Crippen molar-refractivity contribution in [1.82, 2.24) is 20.0 Å². The highest BCUT2D eigenvalue weighted by molar-refractivity contribution is 14.0. The van der Waals surface area contributed by atoms with Gasteiger partial charge in [-0.25, -0.2) is 4.68 Å².